The fraction of sp³-hybridized carbons (Fsp3) is 0.583. The molecule has 0 spiro atoms. The number of amides is 1. The van der Waals surface area contributed by atoms with Gasteiger partial charge in [-0.2, -0.15) is 0 Å². The lowest BCUT2D eigenvalue weighted by atomic mass is 9.76. The van der Waals surface area contributed by atoms with E-state index in [0.29, 0.717) is 5.41 Å². The van der Waals surface area contributed by atoms with E-state index in [0.717, 1.165) is 12.1 Å². The summed E-state index contributed by atoms with van der Waals surface area (Å²) in [6.45, 7) is 4.46. The van der Waals surface area contributed by atoms with Crippen LogP contribution in [-0.4, -0.2) is 18.2 Å². The molecule has 4 nitrogen and oxygen atoms in total. The van der Waals surface area contributed by atoms with Crippen molar-refractivity contribution >= 4 is 6.09 Å². The van der Waals surface area contributed by atoms with Crippen molar-refractivity contribution in [3.05, 3.63) is 23.9 Å². The Morgan fingerprint density at radius 3 is 2.31 bits per heavy atom. The molecule has 1 rings (SSSR count). The highest BCUT2D eigenvalue weighted by Crippen LogP contribution is 2.36. The van der Waals surface area contributed by atoms with Crippen LogP contribution >= 0.6 is 0 Å². The second-order valence-electron chi connectivity index (χ2n) is 3.90. The predicted octanol–water partition coefficient (Wildman–Crippen LogP) is 2.48. The molecule has 0 aromatic carbocycles. The van der Waals surface area contributed by atoms with E-state index in [2.05, 4.69) is 26.0 Å². The molecular weight excluding hydrogens is 204 g/mol. The minimum absolute atomic E-state index is 0.360. The predicted molar refractivity (Wildman–Crippen MR) is 66.1 cm³/mol. The first kappa shape index (κ1) is 14.6. The Morgan fingerprint density at radius 2 is 2.06 bits per heavy atom. The van der Waals surface area contributed by atoms with Crippen LogP contribution in [0.2, 0.25) is 0 Å². The third-order valence-corrected chi connectivity index (χ3v) is 2.94. The first-order chi connectivity index (χ1) is 7.49. The normalized spacial score (nSPS) is 16.8. The molecule has 0 saturated heterocycles. The van der Waals surface area contributed by atoms with Crippen LogP contribution < -0.4 is 11.1 Å². The molecular formula is C12H22N2O2. The Hall–Kier alpha value is -1.45. The Kier molecular flexibility index (Phi) is 6.30. The van der Waals surface area contributed by atoms with Gasteiger partial charge in [-0.25, -0.2) is 4.79 Å². The fourth-order valence-corrected chi connectivity index (χ4v) is 1.64. The van der Waals surface area contributed by atoms with Crippen molar-refractivity contribution in [2.75, 3.05) is 7.05 Å². The van der Waals surface area contributed by atoms with Gasteiger partial charge in [0, 0.05) is 12.7 Å². The van der Waals surface area contributed by atoms with E-state index >= 15 is 0 Å². The van der Waals surface area contributed by atoms with Gasteiger partial charge in [0.1, 0.15) is 0 Å². The van der Waals surface area contributed by atoms with E-state index in [1.165, 1.54) is 19.9 Å². The lowest BCUT2D eigenvalue weighted by Crippen LogP contribution is -2.21. The van der Waals surface area contributed by atoms with Crippen molar-refractivity contribution in [3.63, 3.8) is 0 Å². The summed E-state index contributed by atoms with van der Waals surface area (Å²) in [5.74, 6) is 0. The third kappa shape index (κ3) is 4.87. The average Bonchev–Trinajstić information content (AvgIpc) is 2.29. The Bertz CT molecular complexity index is 279. The van der Waals surface area contributed by atoms with Gasteiger partial charge < -0.3 is 16.2 Å². The number of carboxylic acid groups (broad SMARTS) is 1. The lowest BCUT2D eigenvalue weighted by Gasteiger charge is -2.30. The molecule has 0 saturated carbocycles. The van der Waals surface area contributed by atoms with Crippen LogP contribution in [0, 0.1) is 5.41 Å². The number of hydrogen-bond donors (Lipinski definition) is 3. The van der Waals surface area contributed by atoms with Crippen LogP contribution in [-0.2, 0) is 0 Å². The first-order valence-corrected chi connectivity index (χ1v) is 5.54. The molecule has 0 aliphatic heterocycles. The van der Waals surface area contributed by atoms with Gasteiger partial charge >= 0.3 is 6.09 Å². The third-order valence-electron chi connectivity index (χ3n) is 2.94. The van der Waals surface area contributed by atoms with E-state index in [4.69, 9.17) is 10.8 Å². The van der Waals surface area contributed by atoms with E-state index in [-0.39, 0.29) is 0 Å². The molecule has 0 bridgehead atoms. The standard InChI is InChI=1S/C10H17N.C2H5NO2/c1-3-10(4-2)7-5-6-9(11)8-10;1-3-2(4)5/h5-7H,3-4,8,11H2,1-2H3;3H,1H3,(H,4,5). The van der Waals surface area contributed by atoms with Crippen LogP contribution in [0.1, 0.15) is 33.1 Å². The van der Waals surface area contributed by atoms with E-state index in [1.807, 2.05) is 11.4 Å². The largest absolute Gasteiger partial charge is 0.465 e. The second kappa shape index (κ2) is 6.93. The van der Waals surface area contributed by atoms with Crippen molar-refractivity contribution in [1.82, 2.24) is 5.32 Å². The van der Waals surface area contributed by atoms with Gasteiger partial charge in [-0.05, 0) is 30.8 Å². The van der Waals surface area contributed by atoms with Crippen LogP contribution in [0.4, 0.5) is 4.79 Å². The SMILES string of the molecule is CCC1(CC)C=CC=C(N)C1.CNC(=O)O. The first-order valence-electron chi connectivity index (χ1n) is 5.54. The Labute approximate surface area is 97.2 Å². The lowest BCUT2D eigenvalue weighted by molar-refractivity contribution is 0.197. The van der Waals surface area contributed by atoms with Gasteiger partial charge in [0.25, 0.3) is 0 Å². The monoisotopic (exact) mass is 226 g/mol. The van der Waals surface area contributed by atoms with Crippen LogP contribution in [0.3, 0.4) is 0 Å². The van der Waals surface area contributed by atoms with E-state index in [9.17, 15) is 4.79 Å². The minimum Gasteiger partial charge on any atom is -0.465 e. The number of allylic oxidation sites excluding steroid dienone is 4. The minimum atomic E-state index is -0.995. The number of nitrogens with two attached hydrogens (primary N) is 1. The maximum Gasteiger partial charge on any atom is 0.404 e. The molecule has 0 fully saturated rings. The summed E-state index contributed by atoms with van der Waals surface area (Å²) in [6, 6.07) is 0. The Morgan fingerprint density at radius 1 is 1.56 bits per heavy atom. The van der Waals surface area contributed by atoms with Crippen molar-refractivity contribution in [1.29, 1.82) is 0 Å². The van der Waals surface area contributed by atoms with Crippen molar-refractivity contribution in [3.8, 4) is 0 Å². The zero-order valence-corrected chi connectivity index (χ0v) is 10.3. The summed E-state index contributed by atoms with van der Waals surface area (Å²) >= 11 is 0. The summed E-state index contributed by atoms with van der Waals surface area (Å²) in [7, 11) is 1.35. The summed E-state index contributed by atoms with van der Waals surface area (Å²) in [5, 5.41) is 9.56. The van der Waals surface area contributed by atoms with Gasteiger partial charge in [0.15, 0.2) is 0 Å². The average molecular weight is 226 g/mol. The fourth-order valence-electron chi connectivity index (χ4n) is 1.64. The van der Waals surface area contributed by atoms with Crippen molar-refractivity contribution < 1.29 is 9.90 Å². The molecule has 1 aliphatic rings. The molecule has 1 amide bonds. The molecule has 0 heterocycles. The molecule has 4 heteroatoms. The molecule has 16 heavy (non-hydrogen) atoms. The van der Waals surface area contributed by atoms with Gasteiger partial charge in [-0.15, -0.1) is 0 Å². The number of hydrogen-bond acceptors (Lipinski definition) is 2. The highest BCUT2D eigenvalue weighted by molar-refractivity contribution is 5.63. The summed E-state index contributed by atoms with van der Waals surface area (Å²) in [4.78, 5) is 9.26. The maximum atomic E-state index is 9.26. The molecule has 0 radical (unpaired) electrons. The maximum absolute atomic E-state index is 9.26. The summed E-state index contributed by atoms with van der Waals surface area (Å²) < 4.78 is 0. The molecule has 4 N–H and O–H groups in total. The summed E-state index contributed by atoms with van der Waals surface area (Å²) in [5.41, 5.74) is 7.16. The van der Waals surface area contributed by atoms with Crippen LogP contribution in [0.15, 0.2) is 23.9 Å². The molecule has 0 aromatic heterocycles. The number of rotatable bonds is 2. The van der Waals surface area contributed by atoms with Gasteiger partial charge in [-0.3, -0.25) is 0 Å². The van der Waals surface area contributed by atoms with Gasteiger partial charge in [-0.1, -0.05) is 26.0 Å². The highest BCUT2D eigenvalue weighted by atomic mass is 16.4. The van der Waals surface area contributed by atoms with Crippen LogP contribution in [0.5, 0.6) is 0 Å². The zero-order chi connectivity index (χ0) is 12.6. The highest BCUT2D eigenvalue weighted by Gasteiger charge is 2.24. The summed E-state index contributed by atoms with van der Waals surface area (Å²) in [6.07, 6.45) is 8.81. The quantitative estimate of drug-likeness (QED) is 0.677. The van der Waals surface area contributed by atoms with E-state index < -0.39 is 6.09 Å². The van der Waals surface area contributed by atoms with Gasteiger partial charge in [0.2, 0.25) is 0 Å². The zero-order valence-electron chi connectivity index (χ0n) is 10.3. The van der Waals surface area contributed by atoms with Crippen LogP contribution in [0.25, 0.3) is 0 Å². The topological polar surface area (TPSA) is 75.3 Å². The van der Waals surface area contributed by atoms with E-state index in [1.54, 1.807) is 0 Å². The number of carbonyl (C=O) groups is 1. The van der Waals surface area contributed by atoms with Gasteiger partial charge in [0.05, 0.1) is 0 Å². The second-order valence-corrected chi connectivity index (χ2v) is 3.90. The van der Waals surface area contributed by atoms with Crippen molar-refractivity contribution in [2.24, 2.45) is 11.1 Å². The Balaban J connectivity index is 0.000000385. The number of nitrogens with one attached hydrogen (secondary N) is 1. The smallest absolute Gasteiger partial charge is 0.404 e. The molecule has 0 aromatic rings. The molecule has 92 valence electrons. The molecule has 0 unspecified atom stereocenters. The molecule has 1 aliphatic carbocycles. The van der Waals surface area contributed by atoms with Crippen molar-refractivity contribution in [2.45, 2.75) is 33.1 Å². The molecule has 0 atom stereocenters.